The number of unbranched alkanes of at least 4 members (excludes halogenated alkanes) is 11. The Balaban J connectivity index is 4.07. The SMILES string of the molecule is CCCCCCCCCCCCCCC(=O)N[C@H](C(=O)N[C@@H](CC(C)C)B(O)O)[C@@H](C)O. The summed E-state index contributed by atoms with van der Waals surface area (Å²) >= 11 is 0. The van der Waals surface area contributed by atoms with E-state index < -0.39 is 31.1 Å². The number of nitrogens with one attached hydrogen (secondary N) is 2. The molecule has 2 amide bonds. The van der Waals surface area contributed by atoms with Crippen molar-refractivity contribution in [3.8, 4) is 0 Å². The highest BCUT2D eigenvalue weighted by Crippen LogP contribution is 2.12. The highest BCUT2D eigenvalue weighted by atomic mass is 16.4. The number of hydrogen-bond donors (Lipinski definition) is 5. The Morgan fingerprint density at radius 2 is 1.25 bits per heavy atom. The first-order valence-electron chi connectivity index (χ1n) is 12.8. The van der Waals surface area contributed by atoms with Crippen LogP contribution < -0.4 is 10.6 Å². The van der Waals surface area contributed by atoms with E-state index in [-0.39, 0.29) is 11.8 Å². The van der Waals surface area contributed by atoms with Crippen LogP contribution in [0.15, 0.2) is 0 Å². The van der Waals surface area contributed by atoms with E-state index in [1.54, 1.807) is 0 Å². The average molecular weight is 456 g/mol. The van der Waals surface area contributed by atoms with Crippen LogP contribution in [-0.2, 0) is 9.59 Å². The Morgan fingerprint density at radius 3 is 1.66 bits per heavy atom. The van der Waals surface area contributed by atoms with Crippen LogP contribution in [0.25, 0.3) is 0 Å². The van der Waals surface area contributed by atoms with E-state index in [2.05, 4.69) is 17.6 Å². The molecule has 0 aliphatic carbocycles. The number of carbonyl (C=O) groups excluding carboxylic acids is 2. The summed E-state index contributed by atoms with van der Waals surface area (Å²) in [5.74, 6) is -1.59. The Kier molecular flexibility index (Phi) is 18.7. The molecular formula is C24H49BN2O5. The fourth-order valence-electron chi connectivity index (χ4n) is 3.81. The fourth-order valence-corrected chi connectivity index (χ4v) is 3.81. The zero-order chi connectivity index (χ0) is 24.4. The molecule has 0 aliphatic rings. The van der Waals surface area contributed by atoms with Crippen LogP contribution in [0.3, 0.4) is 0 Å². The number of rotatable bonds is 20. The molecule has 0 saturated heterocycles. The molecular weight excluding hydrogens is 407 g/mol. The highest BCUT2D eigenvalue weighted by molar-refractivity contribution is 6.43. The van der Waals surface area contributed by atoms with Crippen LogP contribution in [0.2, 0.25) is 0 Å². The zero-order valence-corrected chi connectivity index (χ0v) is 20.9. The summed E-state index contributed by atoms with van der Waals surface area (Å²) in [5, 5.41) is 34.0. The molecule has 0 spiro atoms. The molecule has 0 radical (unpaired) electrons. The summed E-state index contributed by atoms with van der Waals surface area (Å²) in [4.78, 5) is 24.7. The van der Waals surface area contributed by atoms with Crippen molar-refractivity contribution in [3.63, 3.8) is 0 Å². The molecule has 32 heavy (non-hydrogen) atoms. The van der Waals surface area contributed by atoms with Crippen molar-refractivity contribution in [2.45, 2.75) is 136 Å². The van der Waals surface area contributed by atoms with E-state index in [1.165, 1.54) is 64.7 Å². The molecule has 3 atom stereocenters. The third kappa shape index (κ3) is 16.5. The summed E-state index contributed by atoms with van der Waals surface area (Å²) in [5.41, 5.74) is 0. The van der Waals surface area contributed by atoms with Gasteiger partial charge in [-0.15, -0.1) is 0 Å². The van der Waals surface area contributed by atoms with Crippen molar-refractivity contribution in [1.82, 2.24) is 10.6 Å². The number of aliphatic hydroxyl groups is 1. The monoisotopic (exact) mass is 456 g/mol. The second-order valence-electron chi connectivity index (χ2n) is 9.58. The molecule has 0 aromatic rings. The van der Waals surface area contributed by atoms with E-state index in [1.807, 2.05) is 13.8 Å². The minimum absolute atomic E-state index is 0.146. The minimum Gasteiger partial charge on any atom is -0.426 e. The Labute approximate surface area is 196 Å². The van der Waals surface area contributed by atoms with Gasteiger partial charge in [0, 0.05) is 6.42 Å². The van der Waals surface area contributed by atoms with Gasteiger partial charge in [0.05, 0.1) is 12.0 Å². The normalized spacial score (nSPS) is 14.1. The lowest BCUT2D eigenvalue weighted by Gasteiger charge is -2.25. The lowest BCUT2D eigenvalue weighted by atomic mass is 9.75. The molecule has 0 aromatic heterocycles. The van der Waals surface area contributed by atoms with Gasteiger partial charge in [-0.05, 0) is 25.7 Å². The van der Waals surface area contributed by atoms with Crippen molar-refractivity contribution < 1.29 is 24.7 Å². The number of amides is 2. The molecule has 0 heterocycles. The molecule has 7 nitrogen and oxygen atoms in total. The van der Waals surface area contributed by atoms with Gasteiger partial charge < -0.3 is 25.8 Å². The fraction of sp³-hybridized carbons (Fsp3) is 0.917. The zero-order valence-electron chi connectivity index (χ0n) is 20.9. The first-order chi connectivity index (χ1) is 15.2. The lowest BCUT2D eigenvalue weighted by molar-refractivity contribution is -0.131. The first kappa shape index (κ1) is 30.9. The summed E-state index contributed by atoms with van der Waals surface area (Å²) in [7, 11) is -1.70. The van der Waals surface area contributed by atoms with Crippen LogP contribution in [0.1, 0.15) is 118 Å². The quantitative estimate of drug-likeness (QED) is 0.142. The van der Waals surface area contributed by atoms with E-state index in [0.29, 0.717) is 12.8 Å². The maximum Gasteiger partial charge on any atom is 0.475 e. The number of hydrogen-bond acceptors (Lipinski definition) is 5. The van der Waals surface area contributed by atoms with Gasteiger partial charge in [0.1, 0.15) is 6.04 Å². The van der Waals surface area contributed by atoms with Gasteiger partial charge in [-0.2, -0.15) is 0 Å². The van der Waals surface area contributed by atoms with Gasteiger partial charge in [0.2, 0.25) is 11.8 Å². The summed E-state index contributed by atoms with van der Waals surface area (Å²) in [6.45, 7) is 7.48. The van der Waals surface area contributed by atoms with Gasteiger partial charge in [0.25, 0.3) is 0 Å². The molecule has 0 unspecified atom stereocenters. The van der Waals surface area contributed by atoms with Gasteiger partial charge in [-0.3, -0.25) is 9.59 Å². The molecule has 0 saturated carbocycles. The summed E-state index contributed by atoms with van der Waals surface area (Å²) < 4.78 is 0. The Morgan fingerprint density at radius 1 is 0.781 bits per heavy atom. The van der Waals surface area contributed by atoms with Crippen molar-refractivity contribution in [3.05, 3.63) is 0 Å². The molecule has 8 heteroatoms. The van der Waals surface area contributed by atoms with Crippen LogP contribution in [0.5, 0.6) is 0 Å². The summed E-state index contributed by atoms with van der Waals surface area (Å²) in [6, 6.07) is -1.12. The van der Waals surface area contributed by atoms with Crippen LogP contribution >= 0.6 is 0 Å². The molecule has 0 aromatic carbocycles. The van der Waals surface area contributed by atoms with Crippen molar-refractivity contribution in [1.29, 1.82) is 0 Å². The van der Waals surface area contributed by atoms with Gasteiger partial charge >= 0.3 is 7.12 Å². The van der Waals surface area contributed by atoms with E-state index in [9.17, 15) is 24.7 Å². The lowest BCUT2D eigenvalue weighted by Crippen LogP contribution is -2.57. The standard InChI is InChI=1S/C24H49BN2O5/c1-5-6-7-8-9-10-11-12-13-14-15-16-17-22(29)27-23(20(4)28)24(30)26-21(25(31)32)18-19(2)3/h19-21,23,28,31-32H,5-18H2,1-4H3,(H,26,30)(H,27,29)/t20-,21+,23+/m1/s1. The first-order valence-corrected chi connectivity index (χ1v) is 12.8. The largest absolute Gasteiger partial charge is 0.475 e. The van der Waals surface area contributed by atoms with Gasteiger partial charge in [-0.1, -0.05) is 91.4 Å². The smallest absolute Gasteiger partial charge is 0.426 e. The van der Waals surface area contributed by atoms with Crippen LogP contribution in [-0.4, -0.2) is 52.2 Å². The van der Waals surface area contributed by atoms with E-state index in [0.717, 1.165) is 19.3 Å². The maximum absolute atomic E-state index is 12.5. The molecule has 0 rings (SSSR count). The third-order valence-corrected chi connectivity index (χ3v) is 5.75. The Bertz CT molecular complexity index is 489. The second kappa shape index (κ2) is 19.4. The van der Waals surface area contributed by atoms with Crippen molar-refractivity contribution in [2.75, 3.05) is 0 Å². The average Bonchev–Trinajstić information content (AvgIpc) is 2.71. The molecule has 0 fully saturated rings. The van der Waals surface area contributed by atoms with Crippen molar-refractivity contribution >= 4 is 18.9 Å². The van der Waals surface area contributed by atoms with E-state index in [4.69, 9.17) is 0 Å². The minimum atomic E-state index is -1.70. The van der Waals surface area contributed by atoms with E-state index >= 15 is 0 Å². The predicted molar refractivity (Wildman–Crippen MR) is 131 cm³/mol. The van der Waals surface area contributed by atoms with Crippen LogP contribution in [0, 0.1) is 5.92 Å². The molecule has 188 valence electrons. The van der Waals surface area contributed by atoms with Crippen molar-refractivity contribution in [2.24, 2.45) is 5.92 Å². The predicted octanol–water partition coefficient (Wildman–Crippen LogP) is 3.49. The topological polar surface area (TPSA) is 119 Å². The second-order valence-corrected chi connectivity index (χ2v) is 9.58. The van der Waals surface area contributed by atoms with Crippen LogP contribution in [0.4, 0.5) is 0 Å². The molecule has 0 bridgehead atoms. The number of carbonyl (C=O) groups is 2. The molecule has 0 aliphatic heterocycles. The Hall–Kier alpha value is -1.12. The maximum atomic E-state index is 12.5. The van der Waals surface area contributed by atoms with Gasteiger partial charge in [-0.25, -0.2) is 0 Å². The summed E-state index contributed by atoms with van der Waals surface area (Å²) in [6.07, 6.45) is 14.2. The number of aliphatic hydroxyl groups excluding tert-OH is 1. The highest BCUT2D eigenvalue weighted by Gasteiger charge is 2.31. The van der Waals surface area contributed by atoms with Gasteiger partial charge in [0.15, 0.2) is 0 Å². The molecule has 5 N–H and O–H groups in total. The third-order valence-electron chi connectivity index (χ3n) is 5.75.